The molecule has 21 heavy (non-hydrogen) atoms. The summed E-state index contributed by atoms with van der Waals surface area (Å²) in [6.07, 6.45) is 0. The molecule has 0 saturated carbocycles. The van der Waals surface area contributed by atoms with Crippen molar-refractivity contribution in [1.29, 1.82) is 0 Å². The van der Waals surface area contributed by atoms with Crippen LogP contribution in [0.4, 0.5) is 10.5 Å². The van der Waals surface area contributed by atoms with E-state index in [1.54, 1.807) is 16.8 Å². The second-order valence-electron chi connectivity index (χ2n) is 4.87. The summed E-state index contributed by atoms with van der Waals surface area (Å²) in [6.45, 7) is 1.38. The van der Waals surface area contributed by atoms with Crippen LogP contribution in [-0.4, -0.2) is 52.3 Å². The molecule has 1 aliphatic heterocycles. The summed E-state index contributed by atoms with van der Waals surface area (Å²) >= 11 is 0. The van der Waals surface area contributed by atoms with Crippen molar-refractivity contribution in [2.24, 2.45) is 0 Å². The van der Waals surface area contributed by atoms with Gasteiger partial charge in [0.2, 0.25) is 0 Å². The minimum Gasteiger partial charge on any atom is -0.477 e. The lowest BCUT2D eigenvalue weighted by Gasteiger charge is -2.16. The third-order valence-corrected chi connectivity index (χ3v) is 3.50. The van der Waals surface area contributed by atoms with Gasteiger partial charge in [0.1, 0.15) is 5.69 Å². The van der Waals surface area contributed by atoms with Crippen molar-refractivity contribution in [2.75, 3.05) is 25.0 Å². The number of nitrogens with zero attached hydrogens (tertiary/aromatic N) is 3. The van der Waals surface area contributed by atoms with Gasteiger partial charge in [-0.25, -0.2) is 9.59 Å². The van der Waals surface area contributed by atoms with E-state index in [1.807, 2.05) is 24.3 Å². The minimum atomic E-state index is -1.05. The summed E-state index contributed by atoms with van der Waals surface area (Å²) < 4.78 is 0. The van der Waals surface area contributed by atoms with Crippen LogP contribution in [0.1, 0.15) is 10.5 Å². The Hall–Kier alpha value is -2.83. The predicted octanol–water partition coefficient (Wildman–Crippen LogP) is 1.65. The first kappa shape index (κ1) is 13.2. The number of H-pyrrole nitrogens is 1. The molecule has 108 valence electrons. The molecular weight excluding hydrogens is 272 g/mol. The molecule has 0 atom stereocenters. The van der Waals surface area contributed by atoms with Gasteiger partial charge < -0.3 is 10.0 Å². The van der Waals surface area contributed by atoms with Gasteiger partial charge in [0.15, 0.2) is 0 Å². The van der Waals surface area contributed by atoms with Gasteiger partial charge in [-0.05, 0) is 18.2 Å². The molecule has 0 radical (unpaired) electrons. The second-order valence-corrected chi connectivity index (χ2v) is 4.87. The first-order chi connectivity index (χ1) is 10.1. The summed E-state index contributed by atoms with van der Waals surface area (Å²) in [4.78, 5) is 26.1. The molecule has 2 aromatic rings. The summed E-state index contributed by atoms with van der Waals surface area (Å²) in [5.74, 6) is -1.05. The van der Waals surface area contributed by atoms with Crippen molar-refractivity contribution in [1.82, 2.24) is 15.1 Å². The number of hydrogen-bond acceptors (Lipinski definition) is 3. The average molecular weight is 286 g/mol. The minimum absolute atomic E-state index is 0.0179. The van der Waals surface area contributed by atoms with Crippen molar-refractivity contribution in [3.63, 3.8) is 0 Å². The van der Waals surface area contributed by atoms with Gasteiger partial charge in [-0.2, -0.15) is 5.10 Å². The summed E-state index contributed by atoms with van der Waals surface area (Å²) in [5.41, 5.74) is 2.22. The van der Waals surface area contributed by atoms with Gasteiger partial charge in [-0.15, -0.1) is 0 Å². The quantitative estimate of drug-likeness (QED) is 0.897. The van der Waals surface area contributed by atoms with Crippen LogP contribution in [0.5, 0.6) is 0 Å². The fourth-order valence-corrected chi connectivity index (χ4v) is 2.28. The molecule has 3 rings (SSSR count). The molecule has 0 unspecified atom stereocenters. The molecule has 2 heterocycles. The van der Waals surface area contributed by atoms with E-state index >= 15 is 0 Å². The number of rotatable bonds is 3. The third kappa shape index (κ3) is 2.33. The first-order valence-electron chi connectivity index (χ1n) is 6.48. The molecule has 7 nitrogen and oxygen atoms in total. The Bertz CT molecular complexity index is 692. The van der Waals surface area contributed by atoms with E-state index in [4.69, 9.17) is 5.11 Å². The number of urea groups is 1. The standard InChI is InChI=1S/C14H14N4O3/c1-17-6-7-18(14(17)21)10-4-2-9(3-5-10)11-8-12(13(19)20)16-15-11/h2-5,8H,6-7H2,1H3,(H,15,16)(H,19,20). The highest BCUT2D eigenvalue weighted by molar-refractivity contribution is 5.94. The molecule has 1 aliphatic rings. The Labute approximate surface area is 120 Å². The molecule has 1 aromatic carbocycles. The van der Waals surface area contributed by atoms with Crippen LogP contribution in [-0.2, 0) is 0 Å². The predicted molar refractivity (Wildman–Crippen MR) is 76.4 cm³/mol. The second kappa shape index (κ2) is 4.93. The molecule has 2 amide bonds. The van der Waals surface area contributed by atoms with Crippen molar-refractivity contribution < 1.29 is 14.7 Å². The SMILES string of the molecule is CN1CCN(c2ccc(-c3cc(C(=O)O)[nH]n3)cc2)C1=O. The molecular formula is C14H14N4O3. The van der Waals surface area contributed by atoms with E-state index in [0.717, 1.165) is 11.3 Å². The normalized spacial score (nSPS) is 14.8. The van der Waals surface area contributed by atoms with Gasteiger partial charge in [-0.3, -0.25) is 10.00 Å². The first-order valence-corrected chi connectivity index (χ1v) is 6.48. The Morgan fingerprint density at radius 3 is 2.52 bits per heavy atom. The smallest absolute Gasteiger partial charge is 0.353 e. The van der Waals surface area contributed by atoms with Crippen LogP contribution in [0, 0.1) is 0 Å². The van der Waals surface area contributed by atoms with Crippen LogP contribution < -0.4 is 4.90 Å². The van der Waals surface area contributed by atoms with E-state index in [0.29, 0.717) is 18.8 Å². The number of carboxylic acids is 1. The highest BCUT2D eigenvalue weighted by Gasteiger charge is 2.26. The van der Waals surface area contributed by atoms with E-state index < -0.39 is 5.97 Å². The largest absolute Gasteiger partial charge is 0.477 e. The lowest BCUT2D eigenvalue weighted by atomic mass is 10.1. The summed E-state index contributed by atoms with van der Waals surface area (Å²) in [7, 11) is 1.77. The fourth-order valence-electron chi connectivity index (χ4n) is 2.28. The maximum Gasteiger partial charge on any atom is 0.353 e. The number of hydrogen-bond donors (Lipinski definition) is 2. The van der Waals surface area contributed by atoms with Crippen molar-refractivity contribution in [2.45, 2.75) is 0 Å². The molecule has 1 saturated heterocycles. The Balaban J connectivity index is 1.83. The zero-order valence-corrected chi connectivity index (χ0v) is 11.4. The van der Waals surface area contributed by atoms with E-state index in [2.05, 4.69) is 10.2 Å². The van der Waals surface area contributed by atoms with Crippen LogP contribution >= 0.6 is 0 Å². The molecule has 2 N–H and O–H groups in total. The van der Waals surface area contributed by atoms with E-state index in [9.17, 15) is 9.59 Å². The van der Waals surface area contributed by atoms with Crippen LogP contribution in [0.2, 0.25) is 0 Å². The van der Waals surface area contributed by atoms with Gasteiger partial charge >= 0.3 is 12.0 Å². The zero-order chi connectivity index (χ0) is 15.0. The van der Waals surface area contributed by atoms with Crippen molar-refractivity contribution in [3.8, 4) is 11.3 Å². The molecule has 7 heteroatoms. The number of anilines is 1. The maximum atomic E-state index is 11.9. The highest BCUT2D eigenvalue weighted by atomic mass is 16.4. The Morgan fingerprint density at radius 2 is 2.00 bits per heavy atom. The number of benzene rings is 1. The number of aromatic amines is 1. The maximum absolute atomic E-state index is 11.9. The van der Waals surface area contributed by atoms with Gasteiger partial charge in [0.25, 0.3) is 0 Å². The molecule has 0 bridgehead atoms. The topological polar surface area (TPSA) is 89.5 Å². The lowest BCUT2D eigenvalue weighted by Crippen LogP contribution is -2.29. The van der Waals surface area contributed by atoms with Crippen LogP contribution in [0.3, 0.4) is 0 Å². The monoisotopic (exact) mass is 286 g/mol. The Kier molecular flexibility index (Phi) is 3.09. The number of carboxylic acid groups (broad SMARTS) is 1. The highest BCUT2D eigenvalue weighted by Crippen LogP contribution is 2.24. The number of carbonyl (C=O) groups excluding carboxylic acids is 1. The number of nitrogens with one attached hydrogen (secondary N) is 1. The van der Waals surface area contributed by atoms with Gasteiger partial charge in [-0.1, -0.05) is 12.1 Å². The lowest BCUT2D eigenvalue weighted by molar-refractivity contribution is 0.0690. The van der Waals surface area contributed by atoms with Crippen molar-refractivity contribution >= 4 is 17.7 Å². The Morgan fingerprint density at radius 1 is 1.29 bits per heavy atom. The summed E-state index contributed by atoms with van der Waals surface area (Å²) in [6, 6.07) is 8.77. The number of carbonyl (C=O) groups is 2. The fraction of sp³-hybridized carbons (Fsp3) is 0.214. The molecule has 0 spiro atoms. The molecule has 1 aromatic heterocycles. The average Bonchev–Trinajstić information content (AvgIpc) is 3.08. The van der Waals surface area contributed by atoms with Gasteiger partial charge in [0.05, 0.1) is 5.69 Å². The number of aromatic nitrogens is 2. The van der Waals surface area contributed by atoms with E-state index in [1.165, 1.54) is 6.07 Å². The summed E-state index contributed by atoms with van der Waals surface area (Å²) in [5, 5.41) is 15.3. The number of amides is 2. The van der Waals surface area contributed by atoms with Crippen LogP contribution in [0.15, 0.2) is 30.3 Å². The number of aromatic carboxylic acids is 1. The van der Waals surface area contributed by atoms with E-state index in [-0.39, 0.29) is 11.7 Å². The number of likely N-dealkylation sites (N-methyl/N-ethyl adjacent to an activating group) is 1. The third-order valence-electron chi connectivity index (χ3n) is 3.50. The van der Waals surface area contributed by atoms with Crippen molar-refractivity contribution in [3.05, 3.63) is 36.0 Å². The van der Waals surface area contributed by atoms with Crippen LogP contribution in [0.25, 0.3) is 11.3 Å². The zero-order valence-electron chi connectivity index (χ0n) is 11.4. The van der Waals surface area contributed by atoms with Gasteiger partial charge in [0, 0.05) is 31.4 Å². The molecule has 0 aliphatic carbocycles. The molecule has 1 fully saturated rings.